The maximum absolute atomic E-state index is 15.1. The van der Waals surface area contributed by atoms with Crippen LogP contribution in [0.1, 0.15) is 154 Å². The molecule has 2 aliphatic heterocycles. The molecule has 13 atom stereocenters. The van der Waals surface area contributed by atoms with Crippen molar-refractivity contribution in [2.75, 3.05) is 26.2 Å². The van der Waals surface area contributed by atoms with Crippen LogP contribution in [0.3, 0.4) is 0 Å². The number of carbonyl (C=O) groups is 15. The molecule has 0 unspecified atom stereocenters. The van der Waals surface area contributed by atoms with Crippen LogP contribution < -0.4 is 76.1 Å². The van der Waals surface area contributed by atoms with Gasteiger partial charge in [0.1, 0.15) is 72.2 Å². The van der Waals surface area contributed by atoms with Gasteiger partial charge in [0, 0.05) is 85.6 Å². The molecule has 3 aromatic carbocycles. The summed E-state index contributed by atoms with van der Waals surface area (Å²) in [4.78, 5) is 227. The Hall–Kier alpha value is -12.3. The minimum atomic E-state index is -1.58. The maximum atomic E-state index is 15.1. The Bertz CT molecular complexity index is 4570. The van der Waals surface area contributed by atoms with Gasteiger partial charge in [-0.2, -0.15) is 0 Å². The van der Waals surface area contributed by atoms with Gasteiger partial charge in [0.15, 0.2) is 0 Å². The molecule has 0 bridgehead atoms. The van der Waals surface area contributed by atoms with Crippen molar-refractivity contribution in [2.24, 2.45) is 40.7 Å². The van der Waals surface area contributed by atoms with E-state index in [9.17, 15) is 77.3 Å². The minimum absolute atomic E-state index is 0.0121. The van der Waals surface area contributed by atoms with Crippen molar-refractivity contribution in [3.63, 3.8) is 0 Å². The number of benzene rings is 3. The molecule has 5 heterocycles. The molecule has 6 aromatic rings. The van der Waals surface area contributed by atoms with E-state index in [-0.39, 0.29) is 108 Å². The Kier molecular flexibility index (Phi) is 35.0. The number of primary amides is 2. The molecule has 0 radical (unpaired) electrons. The van der Waals surface area contributed by atoms with Crippen molar-refractivity contribution in [1.29, 1.82) is 0 Å². The number of para-hydroxylation sites is 2. The smallest absolute Gasteiger partial charge is 0.326 e. The number of imidazole rings is 1. The molecule has 0 aliphatic carbocycles. The Morgan fingerprint density at radius 1 is 0.517 bits per heavy atom. The summed E-state index contributed by atoms with van der Waals surface area (Å²) < 4.78 is 0. The number of nitrogens with one attached hydrogen (secondary N) is 13. The van der Waals surface area contributed by atoms with E-state index >= 15 is 4.79 Å². The molecule has 37 heteroatoms. The number of hydrogen-bond donors (Lipinski definition) is 19. The molecule has 23 N–H and O–H groups in total. The Labute approximate surface area is 694 Å². The number of likely N-dealkylation sites (tertiary alicyclic amines) is 2. The average Bonchev–Trinajstić information content (AvgIpc) is 1.80. The number of fused-ring (bicyclic) bond motifs is 2. The second-order valence-electron chi connectivity index (χ2n) is 31.8. The van der Waals surface area contributed by atoms with Crippen LogP contribution in [0.4, 0.5) is 0 Å². The van der Waals surface area contributed by atoms with E-state index in [1.54, 1.807) is 66.2 Å². The molecule has 2 aliphatic rings. The van der Waals surface area contributed by atoms with E-state index in [1.165, 1.54) is 40.4 Å². The number of H-pyrrole nitrogens is 3. The fourth-order valence-electron chi connectivity index (χ4n) is 14.9. The molecule has 0 spiro atoms. The number of hydrogen-bond acceptors (Lipinski definition) is 19. The first-order valence-electron chi connectivity index (χ1n) is 40.9. The summed E-state index contributed by atoms with van der Waals surface area (Å²) in [6.45, 7) is 10.1. The van der Waals surface area contributed by atoms with Crippen LogP contribution in [-0.4, -0.2) is 227 Å². The summed E-state index contributed by atoms with van der Waals surface area (Å²) in [5.74, 6) is -13.8. The number of carbonyl (C=O) groups excluding carboxylic acids is 14. The first-order valence-corrected chi connectivity index (χ1v) is 40.9. The van der Waals surface area contributed by atoms with Crippen LogP contribution in [0.5, 0.6) is 5.75 Å². The minimum Gasteiger partial charge on any atom is -0.508 e. The van der Waals surface area contributed by atoms with Gasteiger partial charge in [-0.25, -0.2) is 9.78 Å². The fourth-order valence-corrected chi connectivity index (χ4v) is 14.9. The van der Waals surface area contributed by atoms with Gasteiger partial charge in [0.25, 0.3) is 0 Å². The molecular formula is C83H116N20O17. The molecule has 2 fully saturated rings. The van der Waals surface area contributed by atoms with Crippen molar-refractivity contribution >= 4 is 110 Å². The average molecular weight is 1670 g/mol. The van der Waals surface area contributed by atoms with Crippen LogP contribution in [0.15, 0.2) is 97.7 Å². The number of aromatic amines is 3. The zero-order chi connectivity index (χ0) is 87.4. The van der Waals surface area contributed by atoms with Crippen LogP contribution in [-0.2, 0) is 97.6 Å². The standard InChI is InChI=1S/C83H116N20O17/c1-7-47(6)71(80(116)100-65(83(119)120)36-48-23-25-52(104)26-24-48)101-79(115)67-22-15-33-103(67)82(118)60(28-30-69(87)106)93-70(107)43-91-78(114)66-21-14-32-102(66)81(117)59(20-12-13-31-84)95-75(111)62(35-46(4)5)97-73(109)58(27-29-68(86)105)94-74(110)61(34-45(2)3)98-76(112)63(38-50-41-90-57-19-11-9-17-54(50)57)99-77(113)64(39-51-42-88-44-92-51)96-72(108)55(85)37-49-40-89-56-18-10-8-16-53(49)56/h8-11,16-19,23-26,40-42,44-47,55,58-67,71,89-90,104H,7,12-15,20-22,27-39,43,84-85H2,1-6H3,(H2,86,105)(H2,87,106)(H,88,92)(H,91,114)(H,93,107)(H,94,110)(H,95,111)(H,96,108)(H,97,109)(H,98,112)(H,99,113)(H,100,116)(H,101,115)(H,119,120)/t47-,55-,58-,59-,60-,61-,62-,63-,64-,65-,66-,67-,71-/m0/s1. The number of amides is 14. The number of nitrogens with zero attached hydrogens (tertiary/aromatic N) is 3. The third-order valence-corrected chi connectivity index (χ3v) is 21.5. The molecule has 8 rings (SSSR count). The topological polar surface area (TPSA) is 588 Å². The zero-order valence-corrected chi connectivity index (χ0v) is 68.6. The van der Waals surface area contributed by atoms with E-state index in [2.05, 4.69) is 73.1 Å². The number of aromatic hydroxyl groups is 1. The van der Waals surface area contributed by atoms with E-state index in [0.29, 0.717) is 48.9 Å². The van der Waals surface area contributed by atoms with Crippen molar-refractivity contribution in [3.8, 4) is 5.75 Å². The second kappa shape index (κ2) is 45.0. The lowest BCUT2D eigenvalue weighted by Gasteiger charge is -2.31. The summed E-state index contributed by atoms with van der Waals surface area (Å²) in [6, 6.07) is 4.43. The van der Waals surface area contributed by atoms with Crippen LogP contribution >= 0.6 is 0 Å². The highest BCUT2D eigenvalue weighted by Gasteiger charge is 2.43. The third-order valence-electron chi connectivity index (χ3n) is 21.5. The molecule has 120 heavy (non-hydrogen) atoms. The largest absolute Gasteiger partial charge is 0.508 e. The van der Waals surface area contributed by atoms with Gasteiger partial charge in [0.2, 0.25) is 82.7 Å². The van der Waals surface area contributed by atoms with Gasteiger partial charge in [-0.3, -0.25) is 67.1 Å². The summed E-state index contributed by atoms with van der Waals surface area (Å²) in [6.07, 6.45) is 6.47. The lowest BCUT2D eigenvalue weighted by Crippen LogP contribution is -2.61. The van der Waals surface area contributed by atoms with Gasteiger partial charge in [0.05, 0.1) is 24.6 Å². The van der Waals surface area contributed by atoms with Crippen molar-refractivity contribution in [3.05, 3.63) is 120 Å². The predicted octanol–water partition coefficient (Wildman–Crippen LogP) is 0.0201. The van der Waals surface area contributed by atoms with E-state index in [4.69, 9.17) is 22.9 Å². The highest BCUT2D eigenvalue weighted by Crippen LogP contribution is 2.26. The fraction of sp³-hybridized carbons (Fsp3) is 0.518. The number of phenols is 1. The summed E-state index contributed by atoms with van der Waals surface area (Å²) in [5.41, 5.74) is 27.4. The molecular weight excluding hydrogens is 1550 g/mol. The van der Waals surface area contributed by atoms with Crippen molar-refractivity contribution in [1.82, 2.24) is 82.9 Å². The number of carboxylic acid groups (broad SMARTS) is 1. The predicted molar refractivity (Wildman–Crippen MR) is 442 cm³/mol. The molecule has 2 saturated heterocycles. The lowest BCUT2D eigenvalue weighted by atomic mass is 9.96. The van der Waals surface area contributed by atoms with Gasteiger partial charge in [-0.05, 0) is 142 Å². The number of phenolic OH excluding ortho intramolecular Hbond substituents is 1. The Morgan fingerprint density at radius 3 is 1.52 bits per heavy atom. The maximum Gasteiger partial charge on any atom is 0.326 e. The van der Waals surface area contributed by atoms with Crippen LogP contribution in [0, 0.1) is 17.8 Å². The van der Waals surface area contributed by atoms with Crippen molar-refractivity contribution in [2.45, 2.75) is 230 Å². The molecule has 0 saturated carbocycles. The second-order valence-corrected chi connectivity index (χ2v) is 31.8. The van der Waals surface area contributed by atoms with Gasteiger partial charge in [-0.1, -0.05) is 96.5 Å². The number of nitrogens with two attached hydrogens (primary N) is 4. The number of unbranched alkanes of at least 4 members (excludes halogenated alkanes) is 1. The van der Waals surface area contributed by atoms with E-state index in [0.717, 1.165) is 27.4 Å². The first-order chi connectivity index (χ1) is 57.2. The number of carboxylic acids is 1. The molecule has 14 amide bonds. The lowest BCUT2D eigenvalue weighted by molar-refractivity contribution is -0.144. The Balaban J connectivity index is 0.927. The highest BCUT2D eigenvalue weighted by molar-refractivity contribution is 6.01. The van der Waals surface area contributed by atoms with E-state index in [1.807, 2.05) is 42.5 Å². The molecule has 650 valence electrons. The quantitative estimate of drug-likeness (QED) is 0.0224. The Morgan fingerprint density at radius 2 is 0.992 bits per heavy atom. The van der Waals surface area contributed by atoms with Crippen molar-refractivity contribution < 1.29 is 82.1 Å². The zero-order valence-electron chi connectivity index (χ0n) is 68.6. The SMILES string of the molecule is CC[C@H](C)[C@H](NC(=O)[C@@H]1CCCN1C(=O)[C@H](CCC(N)=O)NC(=O)CNC(=O)[C@@H]1CCCN1C(=O)[C@H](CCCCN)NC(=O)[C@H](CC(C)C)NC(=O)[C@H](CCC(N)=O)NC(=O)[C@H](CC(C)C)NC(=O)[C@H](Cc1c[nH]c2ccccc12)NC(=O)[C@H](Cc1c[nH]cn1)NC(=O)[C@@H](N)Cc1c[nH]c2ccccc12)C(=O)N[C@@H](Cc1ccc(O)cc1)C(=O)O. The summed E-state index contributed by atoms with van der Waals surface area (Å²) in [5, 5.41) is 48.3. The van der Waals surface area contributed by atoms with Gasteiger partial charge in [-0.15, -0.1) is 0 Å². The number of rotatable bonds is 47. The van der Waals surface area contributed by atoms with Crippen LogP contribution in [0.2, 0.25) is 0 Å². The van der Waals surface area contributed by atoms with E-state index < -0.39 is 186 Å². The monoisotopic (exact) mass is 1660 g/mol. The number of aliphatic carboxylic acids is 1. The number of aromatic nitrogens is 4. The normalized spacial score (nSPS) is 16.7. The van der Waals surface area contributed by atoms with Crippen LogP contribution in [0.25, 0.3) is 21.8 Å². The van der Waals surface area contributed by atoms with Gasteiger partial charge < -0.3 is 111 Å². The highest BCUT2D eigenvalue weighted by atomic mass is 16.4. The van der Waals surface area contributed by atoms with Gasteiger partial charge >= 0.3 is 5.97 Å². The summed E-state index contributed by atoms with van der Waals surface area (Å²) in [7, 11) is 0. The first kappa shape index (κ1) is 93.2. The third kappa shape index (κ3) is 27.1. The summed E-state index contributed by atoms with van der Waals surface area (Å²) >= 11 is 0. The molecule has 37 nitrogen and oxygen atoms in total. The molecule has 3 aromatic heterocycles.